The maximum atomic E-state index is 12.9. The lowest BCUT2D eigenvalue weighted by Gasteiger charge is -2.18. The summed E-state index contributed by atoms with van der Waals surface area (Å²) in [6.45, 7) is 6.38. The number of carbonyl (C=O) groups excluding carboxylic acids is 3. The third-order valence-corrected chi connectivity index (χ3v) is 14.7. The van der Waals surface area contributed by atoms with Crippen LogP contribution in [0.2, 0.25) is 0 Å². The number of ether oxygens (including phenoxy) is 3. The van der Waals surface area contributed by atoms with Crippen LogP contribution in [0.25, 0.3) is 0 Å². The van der Waals surface area contributed by atoms with Gasteiger partial charge < -0.3 is 14.2 Å². The van der Waals surface area contributed by atoms with E-state index in [4.69, 9.17) is 14.2 Å². The lowest BCUT2D eigenvalue weighted by atomic mass is 10.0. The van der Waals surface area contributed by atoms with Crippen LogP contribution in [0.15, 0.2) is 134 Å². The first-order valence-electron chi connectivity index (χ1n) is 34.7. The van der Waals surface area contributed by atoms with Gasteiger partial charge in [-0.15, -0.1) is 0 Å². The van der Waals surface area contributed by atoms with Gasteiger partial charge in [-0.25, -0.2) is 0 Å². The maximum Gasteiger partial charge on any atom is 0.306 e. The van der Waals surface area contributed by atoms with Crippen LogP contribution in [0.4, 0.5) is 0 Å². The first kappa shape index (κ1) is 78.5. The number of esters is 3. The molecule has 0 saturated heterocycles. The number of rotatable bonds is 62. The molecule has 0 bridgehead atoms. The Balaban J connectivity index is 4.07. The Bertz CT molecular complexity index is 1750. The molecule has 0 aromatic carbocycles. The minimum absolute atomic E-state index is 0.0821. The van der Waals surface area contributed by atoms with Crippen molar-refractivity contribution in [1.82, 2.24) is 0 Å². The highest BCUT2D eigenvalue weighted by molar-refractivity contribution is 5.71. The standard InChI is InChI=1S/C77H128O6/c1-4-7-10-13-16-18-20-22-24-26-28-30-32-33-34-35-36-37-38-39-40-41-42-43-45-46-48-50-52-54-56-58-61-64-67-70-76(79)82-73-74(72-81-75(78)69-66-63-60-15-12-9-6-3)83-77(80)71-68-65-62-59-57-55-53-51-49-47-44-31-29-27-25-23-21-19-17-14-11-8-5-2/h7-8,10-11,16-19,22-25,28-31,33-34,36-37,47,49,74H,4-6,9,12-15,20-21,26-27,32,35,38-46,48,50-73H2,1-3H3/b10-7-,11-8-,18-16-,19-17-,24-22-,25-23-,30-28-,31-29-,34-33-,37-36-,49-47-. The molecular weight excluding hydrogens is 1020 g/mol. The van der Waals surface area contributed by atoms with Gasteiger partial charge in [0.25, 0.3) is 0 Å². The van der Waals surface area contributed by atoms with Crippen LogP contribution in [0.1, 0.15) is 316 Å². The van der Waals surface area contributed by atoms with Crippen LogP contribution in [0.5, 0.6) is 0 Å². The predicted molar refractivity (Wildman–Crippen MR) is 362 cm³/mol. The van der Waals surface area contributed by atoms with Crippen molar-refractivity contribution in [2.24, 2.45) is 0 Å². The predicted octanol–water partition coefficient (Wildman–Crippen LogP) is 24.1. The second-order valence-electron chi connectivity index (χ2n) is 22.7. The van der Waals surface area contributed by atoms with E-state index in [9.17, 15) is 14.4 Å². The quantitative estimate of drug-likeness (QED) is 0.0261. The summed E-state index contributed by atoms with van der Waals surface area (Å²) in [4.78, 5) is 38.2. The zero-order valence-electron chi connectivity index (χ0n) is 54.2. The molecule has 0 fully saturated rings. The van der Waals surface area contributed by atoms with Crippen molar-refractivity contribution < 1.29 is 28.6 Å². The first-order valence-corrected chi connectivity index (χ1v) is 34.7. The highest BCUT2D eigenvalue weighted by Crippen LogP contribution is 2.17. The molecule has 0 heterocycles. The Morgan fingerprint density at radius 1 is 0.253 bits per heavy atom. The molecule has 0 amide bonds. The molecule has 0 spiro atoms. The topological polar surface area (TPSA) is 78.9 Å². The minimum Gasteiger partial charge on any atom is -0.462 e. The Labute approximate surface area is 513 Å². The average Bonchev–Trinajstić information content (AvgIpc) is 3.49. The maximum absolute atomic E-state index is 12.9. The summed E-state index contributed by atoms with van der Waals surface area (Å²) in [5.74, 6) is -0.892. The van der Waals surface area contributed by atoms with Crippen LogP contribution < -0.4 is 0 Å². The SMILES string of the molecule is CC/C=C\C/C=C\C/C=C\C/C=C\C/C=C\C/C=C\CCCCCCCCCCCCCCCCCCC(=O)OCC(COC(=O)CCCCCCCCC)OC(=O)CCCCCCCCC/C=C\C/C=C\C/C=C\C/C=C\C/C=C\CC. The highest BCUT2D eigenvalue weighted by atomic mass is 16.6. The lowest BCUT2D eigenvalue weighted by Crippen LogP contribution is -2.30. The van der Waals surface area contributed by atoms with Crippen molar-refractivity contribution in [1.29, 1.82) is 0 Å². The van der Waals surface area contributed by atoms with Crippen molar-refractivity contribution in [3.05, 3.63) is 134 Å². The average molecular weight is 1150 g/mol. The van der Waals surface area contributed by atoms with Gasteiger partial charge in [0.05, 0.1) is 0 Å². The van der Waals surface area contributed by atoms with Gasteiger partial charge in [-0.3, -0.25) is 14.4 Å². The number of carbonyl (C=O) groups is 3. The van der Waals surface area contributed by atoms with Crippen molar-refractivity contribution in [3.8, 4) is 0 Å². The van der Waals surface area contributed by atoms with E-state index in [2.05, 4.69) is 154 Å². The molecule has 6 heteroatoms. The number of unbranched alkanes of at least 4 members (excludes halogenated alkanes) is 29. The molecule has 0 aromatic heterocycles. The molecule has 0 aliphatic rings. The third-order valence-electron chi connectivity index (χ3n) is 14.7. The van der Waals surface area contributed by atoms with Crippen LogP contribution in [-0.4, -0.2) is 37.2 Å². The Morgan fingerprint density at radius 2 is 0.470 bits per heavy atom. The van der Waals surface area contributed by atoms with E-state index in [-0.39, 0.29) is 31.1 Å². The summed E-state index contributed by atoms with van der Waals surface area (Å²) in [6.07, 6.45) is 99.3. The third kappa shape index (κ3) is 68.2. The molecular formula is C77H128O6. The summed E-state index contributed by atoms with van der Waals surface area (Å²) < 4.78 is 16.9. The molecule has 472 valence electrons. The number of hydrogen-bond donors (Lipinski definition) is 0. The molecule has 1 unspecified atom stereocenters. The summed E-state index contributed by atoms with van der Waals surface area (Å²) in [5, 5.41) is 0. The molecule has 0 saturated carbocycles. The minimum atomic E-state index is -0.784. The van der Waals surface area contributed by atoms with Gasteiger partial charge >= 0.3 is 17.9 Å². The normalized spacial score (nSPS) is 13.0. The second kappa shape index (κ2) is 70.0. The van der Waals surface area contributed by atoms with Crippen molar-refractivity contribution in [3.63, 3.8) is 0 Å². The van der Waals surface area contributed by atoms with Gasteiger partial charge in [-0.05, 0) is 116 Å². The van der Waals surface area contributed by atoms with E-state index >= 15 is 0 Å². The van der Waals surface area contributed by atoms with Gasteiger partial charge in [0.15, 0.2) is 6.10 Å². The van der Waals surface area contributed by atoms with Gasteiger partial charge in [-0.2, -0.15) is 0 Å². The fourth-order valence-electron chi connectivity index (χ4n) is 9.53. The second-order valence-corrected chi connectivity index (χ2v) is 22.7. The van der Waals surface area contributed by atoms with Gasteiger partial charge in [0, 0.05) is 19.3 Å². The fraction of sp³-hybridized carbons (Fsp3) is 0.675. The molecule has 0 aromatic rings. The molecule has 0 N–H and O–H groups in total. The lowest BCUT2D eigenvalue weighted by molar-refractivity contribution is -0.167. The van der Waals surface area contributed by atoms with Crippen LogP contribution in [0, 0.1) is 0 Å². The van der Waals surface area contributed by atoms with E-state index in [1.54, 1.807) is 0 Å². The van der Waals surface area contributed by atoms with Crippen LogP contribution >= 0.6 is 0 Å². The Morgan fingerprint density at radius 3 is 0.735 bits per heavy atom. The van der Waals surface area contributed by atoms with Gasteiger partial charge in [0.1, 0.15) is 13.2 Å². The zero-order valence-corrected chi connectivity index (χ0v) is 54.2. The largest absolute Gasteiger partial charge is 0.462 e. The van der Waals surface area contributed by atoms with E-state index in [0.29, 0.717) is 19.3 Å². The summed E-state index contributed by atoms with van der Waals surface area (Å²) in [7, 11) is 0. The molecule has 0 aliphatic heterocycles. The Kier molecular flexibility index (Phi) is 66.3. The van der Waals surface area contributed by atoms with Crippen molar-refractivity contribution in [2.75, 3.05) is 13.2 Å². The number of hydrogen-bond acceptors (Lipinski definition) is 6. The molecule has 1 atom stereocenters. The summed E-state index contributed by atoms with van der Waals surface area (Å²) >= 11 is 0. The Hall–Kier alpha value is -4.45. The summed E-state index contributed by atoms with van der Waals surface area (Å²) in [5.41, 5.74) is 0. The van der Waals surface area contributed by atoms with Crippen LogP contribution in [0.3, 0.4) is 0 Å². The van der Waals surface area contributed by atoms with E-state index in [0.717, 1.165) is 135 Å². The highest BCUT2D eigenvalue weighted by Gasteiger charge is 2.19. The first-order chi connectivity index (χ1) is 41.0. The monoisotopic (exact) mass is 1150 g/mol. The van der Waals surface area contributed by atoms with Crippen molar-refractivity contribution >= 4 is 17.9 Å². The van der Waals surface area contributed by atoms with Gasteiger partial charge in [0.2, 0.25) is 0 Å². The molecule has 83 heavy (non-hydrogen) atoms. The molecule has 6 nitrogen and oxygen atoms in total. The van der Waals surface area contributed by atoms with Gasteiger partial charge in [-0.1, -0.05) is 315 Å². The number of allylic oxidation sites excluding steroid dienone is 22. The zero-order chi connectivity index (χ0) is 59.9. The van der Waals surface area contributed by atoms with Crippen molar-refractivity contribution in [2.45, 2.75) is 322 Å². The molecule has 0 radical (unpaired) electrons. The van der Waals surface area contributed by atoms with Crippen LogP contribution in [-0.2, 0) is 28.6 Å². The van der Waals surface area contributed by atoms with E-state index < -0.39 is 6.10 Å². The molecule has 0 aliphatic carbocycles. The fourth-order valence-corrected chi connectivity index (χ4v) is 9.53. The van der Waals surface area contributed by atoms with E-state index in [1.807, 2.05) is 0 Å². The summed E-state index contributed by atoms with van der Waals surface area (Å²) in [6, 6.07) is 0. The van der Waals surface area contributed by atoms with E-state index in [1.165, 1.54) is 141 Å². The smallest absolute Gasteiger partial charge is 0.306 e. The molecule has 0 rings (SSSR count).